The van der Waals surface area contributed by atoms with Crippen LogP contribution in [-0.4, -0.2) is 45.7 Å². The molecule has 0 unspecified atom stereocenters. The lowest BCUT2D eigenvalue weighted by Gasteiger charge is -2.29. The van der Waals surface area contributed by atoms with E-state index in [1.54, 1.807) is 0 Å². The third kappa shape index (κ3) is 5.48. The SMILES string of the molecule is C[Si](C)(C)CCOCn1cc(-c2cn(C3CCC(CO)CC3)c3cnc(Br)cc23)cn1. The number of hydrogen-bond acceptors (Lipinski definition) is 4. The van der Waals surface area contributed by atoms with Gasteiger partial charge in [-0.15, -0.1) is 0 Å². The molecule has 1 aliphatic carbocycles. The fourth-order valence-corrected chi connectivity index (χ4v) is 5.46. The van der Waals surface area contributed by atoms with Crippen molar-refractivity contribution in [3.8, 4) is 11.1 Å². The van der Waals surface area contributed by atoms with Crippen molar-refractivity contribution in [1.82, 2.24) is 19.3 Å². The molecule has 31 heavy (non-hydrogen) atoms. The molecule has 3 aromatic heterocycles. The number of nitrogens with zero attached hydrogens (tertiary/aromatic N) is 4. The van der Waals surface area contributed by atoms with Gasteiger partial charge in [0.2, 0.25) is 0 Å². The molecule has 1 aliphatic rings. The Balaban J connectivity index is 1.55. The number of rotatable bonds is 8. The lowest BCUT2D eigenvalue weighted by atomic mass is 9.86. The quantitative estimate of drug-likeness (QED) is 0.242. The van der Waals surface area contributed by atoms with Crippen molar-refractivity contribution in [2.24, 2.45) is 5.92 Å². The zero-order valence-electron chi connectivity index (χ0n) is 18.7. The van der Waals surface area contributed by atoms with Crippen LogP contribution in [0.25, 0.3) is 22.0 Å². The van der Waals surface area contributed by atoms with Crippen molar-refractivity contribution in [2.75, 3.05) is 13.2 Å². The number of aromatic nitrogens is 4. The van der Waals surface area contributed by atoms with Crippen LogP contribution in [0.3, 0.4) is 0 Å². The summed E-state index contributed by atoms with van der Waals surface area (Å²) in [5, 5.41) is 15.2. The van der Waals surface area contributed by atoms with Gasteiger partial charge in [-0.25, -0.2) is 9.67 Å². The Hall–Kier alpha value is -1.48. The smallest absolute Gasteiger partial charge is 0.139 e. The molecule has 4 rings (SSSR count). The third-order valence-corrected chi connectivity index (χ3v) is 8.46. The first kappa shape index (κ1) is 22.7. The van der Waals surface area contributed by atoms with Crippen LogP contribution in [0, 0.1) is 5.92 Å². The van der Waals surface area contributed by atoms with Crippen LogP contribution in [0.1, 0.15) is 31.7 Å². The fraction of sp³-hybridized carbons (Fsp3) is 0.565. The van der Waals surface area contributed by atoms with E-state index in [9.17, 15) is 5.11 Å². The molecule has 0 bridgehead atoms. The van der Waals surface area contributed by atoms with Crippen LogP contribution in [-0.2, 0) is 11.5 Å². The standard InChI is InChI=1S/C23H33BrN4O2Si/c1-31(2,3)9-8-30-16-27-13-18(11-26-27)21-14-28(19-6-4-17(15-29)5-7-19)22-12-25-23(24)10-20(21)22/h10-14,17,19,29H,4-9,15-16H2,1-3H3. The largest absolute Gasteiger partial charge is 0.396 e. The summed E-state index contributed by atoms with van der Waals surface area (Å²) in [6, 6.07) is 3.71. The Morgan fingerprint density at radius 3 is 2.65 bits per heavy atom. The second kappa shape index (κ2) is 9.56. The van der Waals surface area contributed by atoms with Crippen molar-refractivity contribution in [3.63, 3.8) is 0 Å². The maximum Gasteiger partial charge on any atom is 0.139 e. The first-order chi connectivity index (χ1) is 14.8. The van der Waals surface area contributed by atoms with Gasteiger partial charge in [-0.1, -0.05) is 19.6 Å². The van der Waals surface area contributed by atoms with Crippen LogP contribution < -0.4 is 0 Å². The molecule has 3 heterocycles. The molecular formula is C23H33BrN4O2Si. The summed E-state index contributed by atoms with van der Waals surface area (Å²) in [6.45, 7) is 8.67. The van der Waals surface area contributed by atoms with Crippen LogP contribution in [0.15, 0.2) is 35.5 Å². The van der Waals surface area contributed by atoms with Crippen molar-refractivity contribution < 1.29 is 9.84 Å². The summed E-state index contributed by atoms with van der Waals surface area (Å²) < 4.78 is 11.0. The number of ether oxygens (including phenoxy) is 1. The monoisotopic (exact) mass is 504 g/mol. The highest BCUT2D eigenvalue weighted by molar-refractivity contribution is 9.10. The molecule has 0 atom stereocenters. The van der Waals surface area contributed by atoms with Crippen molar-refractivity contribution in [3.05, 3.63) is 35.5 Å². The van der Waals surface area contributed by atoms with E-state index in [2.05, 4.69) is 68.7 Å². The number of fused-ring (bicyclic) bond motifs is 1. The maximum absolute atomic E-state index is 9.48. The van der Waals surface area contributed by atoms with Gasteiger partial charge in [0.25, 0.3) is 0 Å². The van der Waals surface area contributed by atoms with Crippen LogP contribution >= 0.6 is 15.9 Å². The van der Waals surface area contributed by atoms with Gasteiger partial charge in [-0.3, -0.25) is 0 Å². The lowest BCUT2D eigenvalue weighted by molar-refractivity contribution is 0.0786. The Kier molecular flexibility index (Phi) is 7.00. The average Bonchev–Trinajstić information content (AvgIpc) is 3.35. The minimum atomic E-state index is -1.08. The molecule has 1 N–H and O–H groups in total. The van der Waals surface area contributed by atoms with Gasteiger partial charge in [0.1, 0.15) is 11.3 Å². The summed E-state index contributed by atoms with van der Waals surface area (Å²) in [6.07, 6.45) is 12.6. The Morgan fingerprint density at radius 2 is 1.94 bits per heavy atom. The van der Waals surface area contributed by atoms with Gasteiger partial charge >= 0.3 is 0 Å². The molecule has 0 spiro atoms. The maximum atomic E-state index is 9.48. The van der Waals surface area contributed by atoms with Crippen molar-refractivity contribution in [1.29, 1.82) is 0 Å². The van der Waals surface area contributed by atoms with E-state index >= 15 is 0 Å². The van der Waals surface area contributed by atoms with Gasteiger partial charge in [0, 0.05) is 56.2 Å². The molecule has 8 heteroatoms. The highest BCUT2D eigenvalue weighted by Crippen LogP contribution is 2.38. The number of aliphatic hydroxyl groups excluding tert-OH is 1. The zero-order valence-corrected chi connectivity index (χ0v) is 21.3. The molecule has 0 amide bonds. The summed E-state index contributed by atoms with van der Waals surface area (Å²) in [5.41, 5.74) is 3.43. The van der Waals surface area contributed by atoms with E-state index in [0.717, 1.165) is 54.0 Å². The fourth-order valence-electron chi connectivity index (χ4n) is 4.37. The predicted molar refractivity (Wildman–Crippen MR) is 131 cm³/mol. The number of hydrogen-bond donors (Lipinski definition) is 1. The van der Waals surface area contributed by atoms with E-state index < -0.39 is 8.07 Å². The molecule has 168 valence electrons. The van der Waals surface area contributed by atoms with Crippen molar-refractivity contribution >= 4 is 34.9 Å². The first-order valence-electron chi connectivity index (χ1n) is 11.2. The topological polar surface area (TPSA) is 65.1 Å². The summed E-state index contributed by atoms with van der Waals surface area (Å²) >= 11 is 3.54. The minimum Gasteiger partial charge on any atom is -0.396 e. The summed E-state index contributed by atoms with van der Waals surface area (Å²) in [5.74, 6) is 0.448. The summed E-state index contributed by atoms with van der Waals surface area (Å²) in [4.78, 5) is 4.49. The van der Waals surface area contributed by atoms with E-state index in [4.69, 9.17) is 4.74 Å². The minimum absolute atomic E-state index is 0.304. The number of halogens is 1. The predicted octanol–water partition coefficient (Wildman–Crippen LogP) is 5.70. The van der Waals surface area contributed by atoms with Crippen molar-refractivity contribution in [2.45, 2.75) is 64.1 Å². The van der Waals surface area contributed by atoms with E-state index in [1.807, 2.05) is 17.1 Å². The highest BCUT2D eigenvalue weighted by Gasteiger charge is 2.24. The highest BCUT2D eigenvalue weighted by atomic mass is 79.9. The molecule has 0 aromatic carbocycles. The summed E-state index contributed by atoms with van der Waals surface area (Å²) in [7, 11) is -1.08. The molecule has 0 radical (unpaired) electrons. The molecule has 1 fully saturated rings. The second-order valence-corrected chi connectivity index (χ2v) is 16.4. The van der Waals surface area contributed by atoms with Gasteiger partial charge in [0.05, 0.1) is 17.9 Å². The van der Waals surface area contributed by atoms with Crippen LogP contribution in [0.4, 0.5) is 0 Å². The molecule has 0 saturated heterocycles. The van der Waals surface area contributed by atoms with Crippen LogP contribution in [0.2, 0.25) is 25.7 Å². The van der Waals surface area contributed by atoms with Gasteiger partial charge in [0.15, 0.2) is 0 Å². The molecule has 3 aromatic rings. The van der Waals surface area contributed by atoms with E-state index in [-0.39, 0.29) is 0 Å². The second-order valence-electron chi connectivity index (χ2n) is 9.95. The van der Waals surface area contributed by atoms with E-state index in [1.165, 1.54) is 10.9 Å². The Morgan fingerprint density at radius 1 is 1.16 bits per heavy atom. The Labute approximate surface area is 193 Å². The number of pyridine rings is 1. The average molecular weight is 506 g/mol. The molecular weight excluding hydrogens is 472 g/mol. The number of aliphatic hydroxyl groups is 1. The molecule has 1 saturated carbocycles. The van der Waals surface area contributed by atoms with Gasteiger partial charge in [-0.2, -0.15) is 5.10 Å². The third-order valence-electron chi connectivity index (χ3n) is 6.32. The van der Waals surface area contributed by atoms with Gasteiger partial charge in [-0.05, 0) is 59.6 Å². The zero-order chi connectivity index (χ0) is 22.0. The normalized spacial score (nSPS) is 19.9. The van der Waals surface area contributed by atoms with Gasteiger partial charge < -0.3 is 14.4 Å². The first-order valence-corrected chi connectivity index (χ1v) is 15.7. The Bertz CT molecular complexity index is 1020. The molecule has 6 nitrogen and oxygen atoms in total. The van der Waals surface area contributed by atoms with E-state index in [0.29, 0.717) is 25.3 Å². The molecule has 0 aliphatic heterocycles. The lowest BCUT2D eigenvalue weighted by Crippen LogP contribution is -2.22. The van der Waals surface area contributed by atoms with Crippen LogP contribution in [0.5, 0.6) is 0 Å².